The van der Waals surface area contributed by atoms with E-state index >= 15 is 0 Å². The Balaban J connectivity index is 2.27. The van der Waals surface area contributed by atoms with Crippen LogP contribution in [0.1, 0.15) is 18.2 Å². The first kappa shape index (κ1) is 13.1. The molecule has 2 aromatic rings. The van der Waals surface area contributed by atoms with Crippen molar-refractivity contribution in [2.45, 2.75) is 20.8 Å². The molecule has 2 heterocycles. The summed E-state index contributed by atoms with van der Waals surface area (Å²) in [5.74, 6) is 3.12. The standard InChI is InChI=1S/C13H18N4S/c1-4-18-6-5-14-12-11-9(2)7-10(3)17-13(11)16-8-15-12/h7-8H,4-6H2,1-3H3,(H,14,15,16,17). The fourth-order valence-electron chi connectivity index (χ4n) is 1.93. The van der Waals surface area contributed by atoms with E-state index in [-0.39, 0.29) is 0 Å². The topological polar surface area (TPSA) is 50.7 Å². The second kappa shape index (κ2) is 6.00. The third-order valence-corrected chi connectivity index (χ3v) is 3.57. The minimum atomic E-state index is 0.771. The van der Waals surface area contributed by atoms with Gasteiger partial charge in [-0.1, -0.05) is 6.92 Å². The average molecular weight is 262 g/mol. The normalized spacial score (nSPS) is 10.8. The first-order chi connectivity index (χ1) is 8.72. The lowest BCUT2D eigenvalue weighted by atomic mass is 10.1. The Labute approximate surface area is 112 Å². The Bertz CT molecular complexity index is 542. The van der Waals surface area contributed by atoms with Crippen LogP contribution in [0, 0.1) is 13.8 Å². The molecule has 0 saturated carbocycles. The zero-order valence-corrected chi connectivity index (χ0v) is 11.8. The van der Waals surface area contributed by atoms with Crippen molar-refractivity contribution >= 4 is 28.6 Å². The highest BCUT2D eigenvalue weighted by Crippen LogP contribution is 2.22. The Morgan fingerprint density at radius 3 is 2.89 bits per heavy atom. The van der Waals surface area contributed by atoms with E-state index in [0.29, 0.717) is 0 Å². The Hall–Kier alpha value is -1.36. The number of nitrogens with one attached hydrogen (secondary N) is 1. The van der Waals surface area contributed by atoms with Crippen LogP contribution in [0.3, 0.4) is 0 Å². The van der Waals surface area contributed by atoms with Gasteiger partial charge in [0.15, 0.2) is 5.65 Å². The number of aryl methyl sites for hydroxylation is 2. The molecule has 96 valence electrons. The third kappa shape index (κ3) is 2.90. The van der Waals surface area contributed by atoms with Gasteiger partial charge in [-0.05, 0) is 31.2 Å². The number of rotatable bonds is 5. The lowest BCUT2D eigenvalue weighted by Crippen LogP contribution is -2.07. The van der Waals surface area contributed by atoms with E-state index < -0.39 is 0 Å². The number of pyridine rings is 1. The molecule has 4 nitrogen and oxygen atoms in total. The summed E-state index contributed by atoms with van der Waals surface area (Å²) in [7, 11) is 0. The van der Waals surface area contributed by atoms with E-state index in [1.165, 1.54) is 5.56 Å². The van der Waals surface area contributed by atoms with Gasteiger partial charge in [-0.3, -0.25) is 0 Å². The minimum Gasteiger partial charge on any atom is -0.369 e. The molecule has 0 amide bonds. The molecule has 0 aliphatic heterocycles. The predicted molar refractivity (Wildman–Crippen MR) is 78.3 cm³/mol. The lowest BCUT2D eigenvalue weighted by Gasteiger charge is -2.09. The zero-order valence-electron chi connectivity index (χ0n) is 11.0. The summed E-state index contributed by atoms with van der Waals surface area (Å²) in [6.07, 6.45) is 1.57. The van der Waals surface area contributed by atoms with Crippen molar-refractivity contribution in [2.75, 3.05) is 23.4 Å². The molecule has 0 spiro atoms. The Morgan fingerprint density at radius 1 is 1.28 bits per heavy atom. The van der Waals surface area contributed by atoms with Crippen LogP contribution in [0.4, 0.5) is 5.82 Å². The van der Waals surface area contributed by atoms with Crippen molar-refractivity contribution in [1.29, 1.82) is 0 Å². The number of anilines is 1. The highest BCUT2D eigenvalue weighted by atomic mass is 32.2. The molecular formula is C13H18N4S. The predicted octanol–water partition coefficient (Wildman–Crippen LogP) is 2.81. The molecule has 0 saturated heterocycles. The summed E-state index contributed by atoms with van der Waals surface area (Å²) in [5, 5.41) is 4.40. The van der Waals surface area contributed by atoms with E-state index in [0.717, 1.165) is 40.6 Å². The monoisotopic (exact) mass is 262 g/mol. The smallest absolute Gasteiger partial charge is 0.165 e. The van der Waals surface area contributed by atoms with Crippen LogP contribution < -0.4 is 5.32 Å². The van der Waals surface area contributed by atoms with Crippen molar-refractivity contribution < 1.29 is 0 Å². The summed E-state index contributed by atoms with van der Waals surface area (Å²) < 4.78 is 0. The van der Waals surface area contributed by atoms with E-state index in [9.17, 15) is 0 Å². The second-order valence-corrected chi connectivity index (χ2v) is 5.52. The lowest BCUT2D eigenvalue weighted by molar-refractivity contribution is 1.11. The van der Waals surface area contributed by atoms with E-state index in [1.807, 2.05) is 18.7 Å². The van der Waals surface area contributed by atoms with Gasteiger partial charge in [-0.15, -0.1) is 0 Å². The molecule has 18 heavy (non-hydrogen) atoms. The van der Waals surface area contributed by atoms with Crippen molar-refractivity contribution in [3.8, 4) is 0 Å². The molecule has 0 aromatic carbocycles. The van der Waals surface area contributed by atoms with Gasteiger partial charge in [-0.25, -0.2) is 15.0 Å². The fraction of sp³-hybridized carbons (Fsp3) is 0.462. The quantitative estimate of drug-likeness (QED) is 0.840. The molecule has 0 bridgehead atoms. The first-order valence-electron chi connectivity index (χ1n) is 6.13. The summed E-state index contributed by atoms with van der Waals surface area (Å²) in [6, 6.07) is 2.07. The van der Waals surface area contributed by atoms with Gasteiger partial charge >= 0.3 is 0 Å². The second-order valence-electron chi connectivity index (χ2n) is 4.13. The van der Waals surface area contributed by atoms with E-state index in [1.54, 1.807) is 6.33 Å². The maximum atomic E-state index is 4.45. The highest BCUT2D eigenvalue weighted by molar-refractivity contribution is 7.99. The molecule has 0 aliphatic carbocycles. The number of aromatic nitrogens is 3. The van der Waals surface area contributed by atoms with Gasteiger partial charge in [0, 0.05) is 18.0 Å². The van der Waals surface area contributed by atoms with Gasteiger partial charge < -0.3 is 5.32 Å². The zero-order chi connectivity index (χ0) is 13.0. The number of hydrogen-bond donors (Lipinski definition) is 1. The number of thioether (sulfide) groups is 1. The molecule has 0 unspecified atom stereocenters. The average Bonchev–Trinajstić information content (AvgIpc) is 2.34. The third-order valence-electron chi connectivity index (χ3n) is 2.67. The van der Waals surface area contributed by atoms with Crippen LogP contribution in [0.15, 0.2) is 12.4 Å². The van der Waals surface area contributed by atoms with Crippen LogP contribution in [-0.4, -0.2) is 33.0 Å². The van der Waals surface area contributed by atoms with Crippen LogP contribution in [0.2, 0.25) is 0 Å². The maximum absolute atomic E-state index is 4.45. The number of hydrogen-bond acceptors (Lipinski definition) is 5. The van der Waals surface area contributed by atoms with Crippen LogP contribution in [-0.2, 0) is 0 Å². The van der Waals surface area contributed by atoms with Crippen LogP contribution >= 0.6 is 11.8 Å². The molecule has 2 aromatic heterocycles. The number of fused-ring (bicyclic) bond motifs is 1. The SMILES string of the molecule is CCSCCNc1ncnc2nc(C)cc(C)c12. The van der Waals surface area contributed by atoms with Gasteiger partial charge in [0.1, 0.15) is 12.1 Å². The molecular weight excluding hydrogens is 244 g/mol. The van der Waals surface area contributed by atoms with Crippen molar-refractivity contribution in [2.24, 2.45) is 0 Å². The fourth-order valence-corrected chi connectivity index (χ4v) is 2.46. The van der Waals surface area contributed by atoms with Crippen LogP contribution in [0.25, 0.3) is 11.0 Å². The summed E-state index contributed by atoms with van der Waals surface area (Å²) in [5.41, 5.74) is 2.93. The Morgan fingerprint density at radius 2 is 2.11 bits per heavy atom. The van der Waals surface area contributed by atoms with Gasteiger partial charge in [0.2, 0.25) is 0 Å². The molecule has 0 fully saturated rings. The van der Waals surface area contributed by atoms with E-state index in [4.69, 9.17) is 0 Å². The van der Waals surface area contributed by atoms with E-state index in [2.05, 4.69) is 40.2 Å². The van der Waals surface area contributed by atoms with Gasteiger partial charge in [0.25, 0.3) is 0 Å². The van der Waals surface area contributed by atoms with Crippen molar-refractivity contribution in [3.05, 3.63) is 23.7 Å². The molecule has 5 heteroatoms. The summed E-state index contributed by atoms with van der Waals surface area (Å²) in [6.45, 7) is 7.14. The van der Waals surface area contributed by atoms with Crippen LogP contribution in [0.5, 0.6) is 0 Å². The highest BCUT2D eigenvalue weighted by Gasteiger charge is 2.07. The molecule has 0 radical (unpaired) electrons. The maximum Gasteiger partial charge on any atom is 0.165 e. The van der Waals surface area contributed by atoms with Crippen molar-refractivity contribution in [1.82, 2.24) is 15.0 Å². The summed E-state index contributed by atoms with van der Waals surface area (Å²) in [4.78, 5) is 13.0. The molecule has 2 rings (SSSR count). The number of nitrogens with zero attached hydrogens (tertiary/aromatic N) is 3. The largest absolute Gasteiger partial charge is 0.369 e. The molecule has 0 aliphatic rings. The van der Waals surface area contributed by atoms with Gasteiger partial charge in [-0.2, -0.15) is 11.8 Å². The summed E-state index contributed by atoms with van der Waals surface area (Å²) >= 11 is 1.92. The Kier molecular flexibility index (Phi) is 4.36. The van der Waals surface area contributed by atoms with Gasteiger partial charge in [0.05, 0.1) is 5.39 Å². The first-order valence-corrected chi connectivity index (χ1v) is 7.28. The minimum absolute atomic E-state index is 0.771. The molecule has 1 N–H and O–H groups in total. The molecule has 0 atom stereocenters. The van der Waals surface area contributed by atoms with Crippen molar-refractivity contribution in [3.63, 3.8) is 0 Å².